The number of aromatic nitrogens is 1. The number of anilines is 1. The second-order valence-electron chi connectivity index (χ2n) is 4.23. The molecule has 0 saturated heterocycles. The second kappa shape index (κ2) is 5.84. The summed E-state index contributed by atoms with van der Waals surface area (Å²) in [5.74, 6) is -0.227. The topological polar surface area (TPSA) is 51.1 Å². The van der Waals surface area contributed by atoms with E-state index >= 15 is 0 Å². The zero-order valence-electron chi connectivity index (χ0n) is 10.4. The van der Waals surface area contributed by atoms with E-state index in [1.807, 2.05) is 19.1 Å². The minimum absolute atomic E-state index is 0.0105. The maximum Gasteiger partial charge on any atom is 0.251 e. The van der Waals surface area contributed by atoms with Gasteiger partial charge in [0.25, 0.3) is 5.56 Å². The first-order valence-corrected chi connectivity index (χ1v) is 6.56. The summed E-state index contributed by atoms with van der Waals surface area (Å²) in [7, 11) is 0. The molecule has 0 aliphatic heterocycles. The molecular formula is C14H13BrN2O2. The Bertz CT molecular complexity index is 647. The smallest absolute Gasteiger partial charge is 0.251 e. The van der Waals surface area contributed by atoms with E-state index in [0.717, 1.165) is 10.0 Å². The lowest BCUT2D eigenvalue weighted by molar-refractivity contribution is -0.116. The largest absolute Gasteiger partial charge is 0.325 e. The molecule has 0 unspecified atom stereocenters. The zero-order chi connectivity index (χ0) is 13.8. The van der Waals surface area contributed by atoms with E-state index in [-0.39, 0.29) is 18.0 Å². The van der Waals surface area contributed by atoms with Crippen LogP contribution in [-0.4, -0.2) is 10.5 Å². The Hall–Kier alpha value is -1.88. The average Bonchev–Trinajstić information content (AvgIpc) is 2.37. The van der Waals surface area contributed by atoms with Gasteiger partial charge in [0, 0.05) is 22.4 Å². The molecule has 2 rings (SSSR count). The first-order chi connectivity index (χ1) is 9.04. The van der Waals surface area contributed by atoms with Crippen LogP contribution in [0.2, 0.25) is 0 Å². The maximum atomic E-state index is 11.8. The van der Waals surface area contributed by atoms with Gasteiger partial charge in [-0.3, -0.25) is 9.59 Å². The van der Waals surface area contributed by atoms with E-state index in [0.29, 0.717) is 5.69 Å². The molecule has 0 aliphatic rings. The number of carbonyl (C=O) groups is 1. The third kappa shape index (κ3) is 3.79. The molecule has 1 heterocycles. The Morgan fingerprint density at radius 1 is 1.21 bits per heavy atom. The number of rotatable bonds is 3. The van der Waals surface area contributed by atoms with Crippen LogP contribution in [0.25, 0.3) is 0 Å². The van der Waals surface area contributed by atoms with Gasteiger partial charge in [0.1, 0.15) is 6.54 Å². The first kappa shape index (κ1) is 13.5. The lowest BCUT2D eigenvalue weighted by Crippen LogP contribution is -2.26. The highest BCUT2D eigenvalue weighted by Gasteiger charge is 2.05. The molecule has 0 spiro atoms. The van der Waals surface area contributed by atoms with Gasteiger partial charge in [-0.15, -0.1) is 0 Å². The number of benzene rings is 1. The van der Waals surface area contributed by atoms with Gasteiger partial charge in [-0.25, -0.2) is 0 Å². The average molecular weight is 321 g/mol. The Morgan fingerprint density at radius 3 is 2.58 bits per heavy atom. The van der Waals surface area contributed by atoms with Crippen molar-refractivity contribution in [2.24, 2.45) is 0 Å². The molecule has 4 nitrogen and oxygen atoms in total. The van der Waals surface area contributed by atoms with Gasteiger partial charge in [-0.05, 0) is 36.8 Å². The fraction of sp³-hybridized carbons (Fsp3) is 0.143. The van der Waals surface area contributed by atoms with E-state index in [1.165, 1.54) is 10.6 Å². The zero-order valence-corrected chi connectivity index (χ0v) is 12.0. The molecular weight excluding hydrogens is 308 g/mol. The van der Waals surface area contributed by atoms with Crippen molar-refractivity contribution in [3.8, 4) is 0 Å². The highest BCUT2D eigenvalue weighted by atomic mass is 79.9. The molecule has 2 aromatic rings. The third-order valence-corrected chi connectivity index (χ3v) is 3.10. The summed E-state index contributed by atoms with van der Waals surface area (Å²) in [6, 6.07) is 10.5. The first-order valence-electron chi connectivity index (χ1n) is 5.77. The Morgan fingerprint density at radius 2 is 1.89 bits per heavy atom. The van der Waals surface area contributed by atoms with Crippen LogP contribution in [0.3, 0.4) is 0 Å². The molecule has 5 heteroatoms. The lowest BCUT2D eigenvalue weighted by Gasteiger charge is -2.08. The summed E-state index contributed by atoms with van der Waals surface area (Å²) in [5.41, 5.74) is 1.46. The second-order valence-corrected chi connectivity index (χ2v) is 5.14. The van der Waals surface area contributed by atoms with E-state index in [2.05, 4.69) is 21.2 Å². The SMILES string of the molecule is Cc1ccc(=O)n(CC(=O)Nc2ccc(Br)cc2)c1. The van der Waals surface area contributed by atoms with Crippen LogP contribution >= 0.6 is 15.9 Å². The number of hydrogen-bond donors (Lipinski definition) is 1. The van der Waals surface area contributed by atoms with Crippen molar-refractivity contribution < 1.29 is 4.79 Å². The van der Waals surface area contributed by atoms with Gasteiger partial charge >= 0.3 is 0 Å². The Kier molecular flexibility index (Phi) is 4.16. The molecule has 0 fully saturated rings. The molecule has 0 saturated carbocycles. The van der Waals surface area contributed by atoms with E-state index in [9.17, 15) is 9.59 Å². The predicted molar refractivity (Wildman–Crippen MR) is 78.2 cm³/mol. The molecule has 0 radical (unpaired) electrons. The third-order valence-electron chi connectivity index (χ3n) is 2.57. The predicted octanol–water partition coefficient (Wildman–Crippen LogP) is 2.56. The fourth-order valence-corrected chi connectivity index (χ4v) is 1.93. The number of nitrogens with zero attached hydrogens (tertiary/aromatic N) is 1. The van der Waals surface area contributed by atoms with Gasteiger partial charge < -0.3 is 9.88 Å². The highest BCUT2D eigenvalue weighted by molar-refractivity contribution is 9.10. The van der Waals surface area contributed by atoms with Crippen LogP contribution in [0.15, 0.2) is 51.9 Å². The van der Waals surface area contributed by atoms with Gasteiger partial charge in [0.2, 0.25) is 5.91 Å². The van der Waals surface area contributed by atoms with Crippen LogP contribution in [0.4, 0.5) is 5.69 Å². The van der Waals surface area contributed by atoms with Crippen LogP contribution in [0, 0.1) is 6.92 Å². The molecule has 1 amide bonds. The highest BCUT2D eigenvalue weighted by Crippen LogP contribution is 2.13. The minimum atomic E-state index is -0.227. The number of halogens is 1. The van der Waals surface area contributed by atoms with Crippen LogP contribution in [-0.2, 0) is 11.3 Å². The summed E-state index contributed by atoms with van der Waals surface area (Å²) in [5, 5.41) is 2.74. The number of aryl methyl sites for hydroxylation is 1. The number of hydrogen-bond acceptors (Lipinski definition) is 2. The minimum Gasteiger partial charge on any atom is -0.325 e. The summed E-state index contributed by atoms with van der Waals surface area (Å²) >= 11 is 3.32. The van der Waals surface area contributed by atoms with Crippen molar-refractivity contribution in [3.05, 3.63) is 63.0 Å². The fourth-order valence-electron chi connectivity index (χ4n) is 1.66. The quantitative estimate of drug-likeness (QED) is 0.944. The van der Waals surface area contributed by atoms with Crippen LogP contribution in [0.5, 0.6) is 0 Å². The molecule has 0 aliphatic carbocycles. The Labute approximate surface area is 119 Å². The standard InChI is InChI=1S/C14H13BrN2O2/c1-10-2-7-14(19)17(8-10)9-13(18)16-12-5-3-11(15)4-6-12/h2-8H,9H2,1H3,(H,16,18). The van der Waals surface area contributed by atoms with Crippen molar-refractivity contribution in [1.82, 2.24) is 4.57 Å². The van der Waals surface area contributed by atoms with Crippen molar-refractivity contribution in [2.45, 2.75) is 13.5 Å². The van der Waals surface area contributed by atoms with Crippen molar-refractivity contribution >= 4 is 27.5 Å². The molecule has 1 aromatic carbocycles. The van der Waals surface area contributed by atoms with Gasteiger partial charge in [-0.1, -0.05) is 22.0 Å². The van der Waals surface area contributed by atoms with E-state index in [4.69, 9.17) is 0 Å². The summed E-state index contributed by atoms with van der Waals surface area (Å²) in [6.07, 6.45) is 1.67. The summed E-state index contributed by atoms with van der Waals surface area (Å²) in [6.45, 7) is 1.89. The van der Waals surface area contributed by atoms with Gasteiger partial charge in [0.05, 0.1) is 0 Å². The lowest BCUT2D eigenvalue weighted by atomic mass is 10.3. The normalized spacial score (nSPS) is 10.2. The monoisotopic (exact) mass is 320 g/mol. The molecule has 19 heavy (non-hydrogen) atoms. The van der Waals surface area contributed by atoms with E-state index < -0.39 is 0 Å². The molecule has 0 atom stereocenters. The van der Waals surface area contributed by atoms with Crippen molar-refractivity contribution in [2.75, 3.05) is 5.32 Å². The van der Waals surface area contributed by atoms with Gasteiger partial charge in [-0.2, -0.15) is 0 Å². The van der Waals surface area contributed by atoms with E-state index in [1.54, 1.807) is 24.4 Å². The van der Waals surface area contributed by atoms with Crippen LogP contribution < -0.4 is 10.9 Å². The molecule has 1 N–H and O–H groups in total. The molecule has 0 bridgehead atoms. The molecule has 1 aromatic heterocycles. The number of amides is 1. The van der Waals surface area contributed by atoms with Gasteiger partial charge in [0.15, 0.2) is 0 Å². The van der Waals surface area contributed by atoms with Crippen molar-refractivity contribution in [1.29, 1.82) is 0 Å². The number of pyridine rings is 1. The summed E-state index contributed by atoms with van der Waals surface area (Å²) < 4.78 is 2.34. The Balaban J connectivity index is 2.07. The maximum absolute atomic E-state index is 11.8. The van der Waals surface area contributed by atoms with Crippen molar-refractivity contribution in [3.63, 3.8) is 0 Å². The summed E-state index contributed by atoms with van der Waals surface area (Å²) in [4.78, 5) is 23.4. The van der Waals surface area contributed by atoms with Crippen LogP contribution in [0.1, 0.15) is 5.56 Å². The molecule has 98 valence electrons. The number of nitrogens with one attached hydrogen (secondary N) is 1. The number of carbonyl (C=O) groups excluding carboxylic acids is 1.